The first kappa shape index (κ1) is 26.9. The van der Waals surface area contributed by atoms with Crippen molar-refractivity contribution < 1.29 is 14.7 Å². The number of piperidine rings is 2. The number of likely N-dealkylation sites (tertiary alicyclic amines) is 1. The number of aryl methyl sites for hydroxylation is 1. The van der Waals surface area contributed by atoms with E-state index in [1.54, 1.807) is 0 Å². The molecule has 2 aliphatic heterocycles. The van der Waals surface area contributed by atoms with Crippen molar-refractivity contribution in [2.75, 3.05) is 45.2 Å². The highest BCUT2D eigenvalue weighted by Crippen LogP contribution is 2.34. The molecule has 1 amide bonds. The van der Waals surface area contributed by atoms with E-state index in [9.17, 15) is 4.79 Å². The molecule has 0 bridgehead atoms. The molecule has 2 aromatic carbocycles. The van der Waals surface area contributed by atoms with Crippen molar-refractivity contribution in [1.82, 2.24) is 19.8 Å². The number of benzene rings is 2. The molecule has 37 heavy (non-hydrogen) atoms. The maximum atomic E-state index is 13.3. The Kier molecular flexibility index (Phi) is 8.71. The van der Waals surface area contributed by atoms with Crippen molar-refractivity contribution in [3.8, 4) is 11.4 Å². The number of hydrogen-bond donors (Lipinski definition) is 2. The predicted octanol–water partition coefficient (Wildman–Crippen LogP) is 4.66. The van der Waals surface area contributed by atoms with E-state index in [1.165, 1.54) is 5.56 Å². The number of aromatic nitrogens is 2. The molecule has 1 atom stereocenters. The van der Waals surface area contributed by atoms with Crippen molar-refractivity contribution >= 4 is 40.7 Å². The van der Waals surface area contributed by atoms with Crippen LogP contribution < -0.4 is 4.90 Å². The number of carbonyl (C=O) groups is 2. The summed E-state index contributed by atoms with van der Waals surface area (Å²) in [5.41, 5.74) is 5.13. The Hall–Kier alpha value is -3.10. The van der Waals surface area contributed by atoms with Crippen molar-refractivity contribution in [2.24, 2.45) is 5.92 Å². The minimum Gasteiger partial charge on any atom is -0.483 e. The number of rotatable bonds is 4. The van der Waals surface area contributed by atoms with E-state index in [4.69, 9.17) is 26.5 Å². The number of carboxylic acid groups (broad SMARTS) is 1. The van der Waals surface area contributed by atoms with Gasteiger partial charge in [-0.25, -0.2) is 4.98 Å². The summed E-state index contributed by atoms with van der Waals surface area (Å²) in [7, 11) is 4.27. The third-order valence-corrected chi connectivity index (χ3v) is 7.81. The molecule has 3 heterocycles. The number of nitrogens with zero attached hydrogens (tertiary/aromatic N) is 4. The monoisotopic (exact) mass is 525 g/mol. The van der Waals surface area contributed by atoms with Gasteiger partial charge in [0.15, 0.2) is 0 Å². The highest BCUT2D eigenvalue weighted by atomic mass is 35.5. The van der Waals surface area contributed by atoms with Gasteiger partial charge in [0, 0.05) is 43.5 Å². The molecule has 5 rings (SSSR count). The lowest BCUT2D eigenvalue weighted by molar-refractivity contribution is -0.137. The molecular formula is C28H36ClN5O3. The zero-order valence-corrected chi connectivity index (χ0v) is 22.5. The van der Waals surface area contributed by atoms with E-state index in [1.807, 2.05) is 12.1 Å². The predicted molar refractivity (Wildman–Crippen MR) is 148 cm³/mol. The second-order valence-corrected chi connectivity index (χ2v) is 10.6. The number of anilines is 1. The van der Waals surface area contributed by atoms with Gasteiger partial charge in [-0.1, -0.05) is 17.7 Å². The van der Waals surface area contributed by atoms with E-state index in [0.717, 1.165) is 80.0 Å². The fourth-order valence-corrected chi connectivity index (χ4v) is 5.62. The minimum absolute atomic E-state index is 0.0537. The second-order valence-electron chi connectivity index (χ2n) is 10.2. The highest BCUT2D eigenvalue weighted by Gasteiger charge is 2.32. The van der Waals surface area contributed by atoms with E-state index < -0.39 is 0 Å². The van der Waals surface area contributed by atoms with Crippen molar-refractivity contribution in [3.63, 3.8) is 0 Å². The quantitative estimate of drug-likeness (QED) is 0.481. The van der Waals surface area contributed by atoms with E-state index in [-0.39, 0.29) is 12.4 Å². The molecule has 0 radical (unpaired) electrons. The molecule has 0 spiro atoms. The van der Waals surface area contributed by atoms with Crippen LogP contribution in [-0.2, 0) is 9.59 Å². The van der Waals surface area contributed by atoms with Crippen molar-refractivity contribution in [2.45, 2.75) is 38.6 Å². The lowest BCUT2D eigenvalue weighted by atomic mass is 9.94. The largest absolute Gasteiger partial charge is 0.483 e. The van der Waals surface area contributed by atoms with Gasteiger partial charge in [0.05, 0.1) is 22.0 Å². The molecule has 2 fully saturated rings. The van der Waals surface area contributed by atoms with Crippen LogP contribution in [-0.4, -0.2) is 83.6 Å². The van der Waals surface area contributed by atoms with Crippen LogP contribution in [0.2, 0.25) is 5.02 Å². The normalized spacial score (nSPS) is 18.6. The van der Waals surface area contributed by atoms with Gasteiger partial charge in [-0.15, -0.1) is 0 Å². The van der Waals surface area contributed by atoms with E-state index in [0.29, 0.717) is 17.0 Å². The van der Waals surface area contributed by atoms with Gasteiger partial charge in [-0.3, -0.25) is 9.59 Å². The lowest BCUT2D eigenvalue weighted by Crippen LogP contribution is -2.49. The zero-order valence-electron chi connectivity index (χ0n) is 21.8. The highest BCUT2D eigenvalue weighted by molar-refractivity contribution is 6.33. The molecule has 8 nitrogen and oxygen atoms in total. The third kappa shape index (κ3) is 6.25. The van der Waals surface area contributed by atoms with Gasteiger partial charge in [-0.2, -0.15) is 0 Å². The molecule has 198 valence electrons. The van der Waals surface area contributed by atoms with Crippen LogP contribution in [0.3, 0.4) is 0 Å². The fourth-order valence-electron chi connectivity index (χ4n) is 5.42. The molecule has 0 unspecified atom stereocenters. The van der Waals surface area contributed by atoms with Crippen LogP contribution >= 0.6 is 11.6 Å². The third-order valence-electron chi connectivity index (χ3n) is 7.48. The van der Waals surface area contributed by atoms with Crippen LogP contribution in [0.15, 0.2) is 36.4 Å². The standard InChI is InChI=1S/C27H34ClN5O.CH2O2/c1-18-6-9-24-25(15-18)30-26(29-24)22-16-21(7-8-23(22)28)33-12-4-5-19(17-33)27(34)32-13-10-20(11-14-32)31(2)3;2-1-3/h6-9,15-16,19-20H,4-5,10-14,17H2,1-3H3,(H,29,30);1H,(H,2,3)/t19-;/m0./s1. The van der Waals surface area contributed by atoms with E-state index >= 15 is 0 Å². The molecule has 0 saturated carbocycles. The number of aromatic amines is 1. The zero-order chi connectivity index (χ0) is 26.5. The molecule has 2 aliphatic rings. The molecule has 3 aromatic rings. The molecule has 1 aromatic heterocycles. The maximum absolute atomic E-state index is 13.3. The van der Waals surface area contributed by atoms with Gasteiger partial charge in [0.1, 0.15) is 5.82 Å². The molecule has 2 saturated heterocycles. The Morgan fingerprint density at radius 2 is 1.86 bits per heavy atom. The van der Waals surface area contributed by atoms with Crippen molar-refractivity contribution in [3.05, 3.63) is 47.0 Å². The SMILES string of the molecule is Cc1ccc2nc(-c3cc(N4CCC[C@H](C(=O)N5CCC(N(C)C)CC5)C4)ccc3Cl)[nH]c2c1.O=CO. The summed E-state index contributed by atoms with van der Waals surface area (Å²) in [4.78, 5) is 36.6. The van der Waals surface area contributed by atoms with Crippen molar-refractivity contribution in [1.29, 1.82) is 0 Å². The molecule has 9 heteroatoms. The smallest absolute Gasteiger partial charge is 0.290 e. The molecular weight excluding hydrogens is 490 g/mol. The summed E-state index contributed by atoms with van der Waals surface area (Å²) >= 11 is 6.60. The second kappa shape index (κ2) is 12.0. The summed E-state index contributed by atoms with van der Waals surface area (Å²) in [6.45, 7) is 5.27. The Morgan fingerprint density at radius 3 is 2.57 bits per heavy atom. The average molecular weight is 526 g/mol. The summed E-state index contributed by atoms with van der Waals surface area (Å²) < 4.78 is 0. The molecule has 0 aliphatic carbocycles. The Balaban J connectivity index is 0.00000102. The topological polar surface area (TPSA) is 92.8 Å². The van der Waals surface area contributed by atoms with Gasteiger partial charge in [0.2, 0.25) is 5.91 Å². The number of fused-ring (bicyclic) bond motifs is 1. The average Bonchev–Trinajstić information content (AvgIpc) is 3.32. The van der Waals surface area contributed by atoms with Crippen LogP contribution in [0.5, 0.6) is 0 Å². The number of hydrogen-bond acceptors (Lipinski definition) is 5. The number of H-pyrrole nitrogens is 1. The van der Waals surface area contributed by atoms with Gasteiger partial charge in [0.25, 0.3) is 6.47 Å². The molecule has 2 N–H and O–H groups in total. The fraction of sp³-hybridized carbons (Fsp3) is 0.464. The summed E-state index contributed by atoms with van der Waals surface area (Å²) in [6, 6.07) is 12.9. The van der Waals surface area contributed by atoms with E-state index in [2.05, 4.69) is 65.0 Å². The number of halogens is 1. The lowest BCUT2D eigenvalue weighted by Gasteiger charge is -2.39. The van der Waals surface area contributed by atoms with Crippen LogP contribution in [0.1, 0.15) is 31.2 Å². The van der Waals surface area contributed by atoms with Gasteiger partial charge < -0.3 is 24.8 Å². The Bertz CT molecular complexity index is 1240. The Morgan fingerprint density at radius 1 is 1.14 bits per heavy atom. The Labute approximate surface area is 223 Å². The first-order valence-electron chi connectivity index (χ1n) is 12.8. The van der Waals surface area contributed by atoms with Gasteiger partial charge >= 0.3 is 0 Å². The first-order chi connectivity index (χ1) is 17.8. The first-order valence-corrected chi connectivity index (χ1v) is 13.2. The van der Waals surface area contributed by atoms with Crippen LogP contribution in [0.4, 0.5) is 5.69 Å². The summed E-state index contributed by atoms with van der Waals surface area (Å²) in [5.74, 6) is 1.16. The van der Waals surface area contributed by atoms with Crippen LogP contribution in [0.25, 0.3) is 22.4 Å². The number of amides is 1. The number of nitrogens with one attached hydrogen (secondary N) is 1. The van der Waals surface area contributed by atoms with Crippen LogP contribution in [0, 0.1) is 12.8 Å². The summed E-state index contributed by atoms with van der Waals surface area (Å²) in [6.07, 6.45) is 4.11. The minimum atomic E-state index is -0.250. The summed E-state index contributed by atoms with van der Waals surface area (Å²) in [5, 5.41) is 7.56. The number of imidazole rings is 1. The van der Waals surface area contributed by atoms with Gasteiger partial charge in [-0.05, 0) is 82.6 Å². The number of carbonyl (C=O) groups excluding carboxylic acids is 1. The maximum Gasteiger partial charge on any atom is 0.290 e.